The van der Waals surface area contributed by atoms with E-state index in [0.717, 1.165) is 27.6 Å². The molecule has 0 spiro atoms. The summed E-state index contributed by atoms with van der Waals surface area (Å²) in [6.45, 7) is 2.57. The summed E-state index contributed by atoms with van der Waals surface area (Å²) in [5.74, 6) is 0. The van der Waals surface area contributed by atoms with E-state index in [2.05, 4.69) is 142 Å². The van der Waals surface area contributed by atoms with Crippen LogP contribution in [0, 0.1) is 20.8 Å². The zero-order valence-corrected chi connectivity index (χ0v) is 32.3. The monoisotopic (exact) mass is 726 g/mol. The van der Waals surface area contributed by atoms with Crippen LogP contribution in [-0.2, 0) is 14.5 Å². The van der Waals surface area contributed by atoms with Gasteiger partial charge in [0.15, 0.2) is 0 Å². The van der Waals surface area contributed by atoms with Gasteiger partial charge in [-0.1, -0.05) is 0 Å². The third-order valence-corrected chi connectivity index (χ3v) is 16.6. The molecule has 7 aromatic rings. The standard InChI is InChI=1S/C49H48BO3P/c1-39-25-31-42(32-26-39)49(43-33-27-40(2)28-34-43,44-35-29-41(3)30-36-44)37-16-38-52-50(51)53-54(45-17-8-4-9-18-45,46-19-10-5-11-20-46,47-21-12-6-13-22-47)48-23-14-7-15-24-48/h4-15,17-36,51H,16,37-38H2,1-3H3. The van der Waals surface area contributed by atoms with Gasteiger partial charge in [0.2, 0.25) is 0 Å². The molecule has 270 valence electrons. The van der Waals surface area contributed by atoms with E-state index in [0.29, 0.717) is 6.42 Å². The van der Waals surface area contributed by atoms with E-state index in [1.54, 1.807) is 0 Å². The summed E-state index contributed by atoms with van der Waals surface area (Å²) in [5.41, 5.74) is 6.90. The zero-order valence-electron chi connectivity index (χ0n) is 31.4. The van der Waals surface area contributed by atoms with Gasteiger partial charge in [0.05, 0.1) is 0 Å². The molecule has 7 aromatic carbocycles. The molecule has 0 saturated carbocycles. The summed E-state index contributed by atoms with van der Waals surface area (Å²) < 4.78 is 13.8. The Labute approximate surface area is 321 Å². The Hall–Kier alpha value is -5.09. The van der Waals surface area contributed by atoms with Crippen molar-refractivity contribution < 1.29 is 14.1 Å². The molecule has 0 bridgehead atoms. The van der Waals surface area contributed by atoms with Crippen LogP contribution in [0.4, 0.5) is 0 Å². The van der Waals surface area contributed by atoms with Gasteiger partial charge < -0.3 is 0 Å². The van der Waals surface area contributed by atoms with Crippen molar-refractivity contribution in [3.8, 4) is 0 Å². The second kappa shape index (κ2) is 16.1. The van der Waals surface area contributed by atoms with Crippen molar-refractivity contribution >= 4 is 35.4 Å². The molecule has 0 heterocycles. The zero-order chi connectivity index (χ0) is 37.5. The number of benzene rings is 7. The summed E-state index contributed by atoms with van der Waals surface area (Å²) >= 11 is 0. The summed E-state index contributed by atoms with van der Waals surface area (Å²) in [5, 5.41) is 16.1. The van der Waals surface area contributed by atoms with Crippen molar-refractivity contribution in [3.05, 3.63) is 228 Å². The van der Waals surface area contributed by atoms with Gasteiger partial charge in [-0.3, -0.25) is 0 Å². The quantitative estimate of drug-likeness (QED) is 0.0526. The summed E-state index contributed by atoms with van der Waals surface area (Å²) in [4.78, 5) is 0. The van der Waals surface area contributed by atoms with E-state index in [4.69, 9.17) is 9.10 Å². The van der Waals surface area contributed by atoms with Gasteiger partial charge >= 0.3 is 323 Å². The molecule has 7 rings (SSSR count). The molecule has 0 amide bonds. The molecule has 0 fully saturated rings. The van der Waals surface area contributed by atoms with Crippen molar-refractivity contribution in [2.24, 2.45) is 0 Å². The number of aryl methyl sites for hydroxylation is 3. The second-order valence-electron chi connectivity index (χ2n) is 14.3. The van der Waals surface area contributed by atoms with Crippen LogP contribution in [0.2, 0.25) is 0 Å². The maximum absolute atomic E-state index is 12.2. The van der Waals surface area contributed by atoms with Crippen LogP contribution < -0.4 is 21.2 Å². The summed E-state index contributed by atoms with van der Waals surface area (Å²) in [6.07, 6.45) is 1.42. The predicted octanol–water partition coefficient (Wildman–Crippen LogP) is 9.51. The molecule has 0 atom stereocenters. The van der Waals surface area contributed by atoms with Gasteiger partial charge in [0.1, 0.15) is 0 Å². The SMILES string of the molecule is Cc1ccc(C(CCCOB(O)OP(c2ccccc2)(c2ccccc2)(c2ccccc2)c2ccccc2)(c2ccc(C)cc2)c2ccc(C)cc2)cc1. The van der Waals surface area contributed by atoms with E-state index in [9.17, 15) is 5.02 Å². The molecule has 0 unspecified atom stereocenters. The Bertz CT molecular complexity index is 1950. The minimum atomic E-state index is -4.10. The Morgan fingerprint density at radius 3 is 1.04 bits per heavy atom. The Kier molecular flexibility index (Phi) is 11.1. The fourth-order valence-electron chi connectivity index (χ4n) is 8.17. The molecular formula is C49H48BO3P. The first-order chi connectivity index (χ1) is 26.4. The van der Waals surface area contributed by atoms with Gasteiger partial charge in [-0.05, 0) is 0 Å². The average molecular weight is 727 g/mol. The van der Waals surface area contributed by atoms with E-state index in [1.165, 1.54) is 33.4 Å². The fourth-order valence-corrected chi connectivity index (χ4v) is 13.8. The Morgan fingerprint density at radius 1 is 0.444 bits per heavy atom. The Balaban J connectivity index is 1.29. The number of rotatable bonds is 14. The molecule has 0 aliphatic carbocycles. The molecule has 54 heavy (non-hydrogen) atoms. The second-order valence-corrected chi connectivity index (χ2v) is 18.6. The van der Waals surface area contributed by atoms with E-state index < -0.39 is 19.6 Å². The first-order valence-corrected chi connectivity index (χ1v) is 21.0. The van der Waals surface area contributed by atoms with Gasteiger partial charge in [-0.2, -0.15) is 0 Å². The molecule has 3 nitrogen and oxygen atoms in total. The molecule has 1 N–H and O–H groups in total. The van der Waals surface area contributed by atoms with Crippen LogP contribution in [0.5, 0.6) is 0 Å². The maximum atomic E-state index is 12.2. The third kappa shape index (κ3) is 6.76. The van der Waals surface area contributed by atoms with Crippen molar-refractivity contribution in [2.45, 2.75) is 39.0 Å². The molecule has 0 saturated heterocycles. The van der Waals surface area contributed by atoms with Crippen LogP contribution >= 0.6 is 6.83 Å². The number of hydrogen-bond acceptors (Lipinski definition) is 3. The van der Waals surface area contributed by atoms with Crippen molar-refractivity contribution in [1.29, 1.82) is 0 Å². The summed E-state index contributed by atoms with van der Waals surface area (Å²) in [7, 11) is -1.53. The molecule has 0 aromatic heterocycles. The van der Waals surface area contributed by atoms with Crippen LogP contribution in [0.1, 0.15) is 46.2 Å². The topological polar surface area (TPSA) is 38.7 Å². The normalized spacial score (nSPS) is 12.5. The third-order valence-electron chi connectivity index (χ3n) is 10.9. The van der Waals surface area contributed by atoms with Crippen LogP contribution in [0.3, 0.4) is 0 Å². The van der Waals surface area contributed by atoms with Crippen LogP contribution in [0.15, 0.2) is 194 Å². The van der Waals surface area contributed by atoms with Gasteiger partial charge in [-0.15, -0.1) is 0 Å². The van der Waals surface area contributed by atoms with Gasteiger partial charge in [0.25, 0.3) is 0 Å². The molecule has 5 heteroatoms. The molecular weight excluding hydrogens is 678 g/mol. The van der Waals surface area contributed by atoms with Gasteiger partial charge in [-0.25, -0.2) is 0 Å². The van der Waals surface area contributed by atoms with E-state index >= 15 is 0 Å². The van der Waals surface area contributed by atoms with Gasteiger partial charge in [0, 0.05) is 0 Å². The van der Waals surface area contributed by atoms with Crippen molar-refractivity contribution in [3.63, 3.8) is 0 Å². The van der Waals surface area contributed by atoms with Crippen molar-refractivity contribution in [2.75, 3.05) is 6.61 Å². The van der Waals surface area contributed by atoms with Crippen LogP contribution in [0.25, 0.3) is 0 Å². The molecule has 0 aliphatic rings. The van der Waals surface area contributed by atoms with Crippen molar-refractivity contribution in [1.82, 2.24) is 0 Å². The first-order valence-electron chi connectivity index (χ1n) is 18.8. The fraction of sp³-hybridized carbons (Fsp3) is 0.143. The van der Waals surface area contributed by atoms with E-state index in [-0.39, 0.29) is 6.61 Å². The van der Waals surface area contributed by atoms with Crippen LogP contribution in [-0.4, -0.2) is 19.0 Å². The van der Waals surface area contributed by atoms with E-state index in [1.807, 2.05) is 72.8 Å². The Morgan fingerprint density at radius 2 is 0.741 bits per heavy atom. The minimum absolute atomic E-state index is 0.284. The first kappa shape index (κ1) is 37.2. The predicted molar refractivity (Wildman–Crippen MR) is 229 cm³/mol. The average Bonchev–Trinajstić information content (AvgIpc) is 3.23. The summed E-state index contributed by atoms with van der Waals surface area (Å²) in [6, 6.07) is 68.2. The molecule has 0 aliphatic heterocycles. The number of hydrogen-bond donors (Lipinski definition) is 1. The molecule has 0 radical (unpaired) electrons.